The summed E-state index contributed by atoms with van der Waals surface area (Å²) in [4.78, 5) is 0. The van der Waals surface area contributed by atoms with Gasteiger partial charge in [0.15, 0.2) is 0 Å². The lowest BCUT2D eigenvalue weighted by Crippen LogP contribution is -2.71. The maximum atomic E-state index is 7.84. The van der Waals surface area contributed by atoms with Crippen molar-refractivity contribution in [1.82, 2.24) is 0 Å². The fourth-order valence-electron chi connectivity index (χ4n) is 5.80. The van der Waals surface area contributed by atoms with Crippen molar-refractivity contribution in [2.45, 2.75) is 65.7 Å². The van der Waals surface area contributed by atoms with E-state index in [0.717, 1.165) is 12.2 Å². The van der Waals surface area contributed by atoms with E-state index in [1.807, 2.05) is 0 Å². The summed E-state index contributed by atoms with van der Waals surface area (Å²) in [6.07, 6.45) is 0.894. The number of rotatable bonds is 7. The molecule has 0 amide bonds. The van der Waals surface area contributed by atoms with Crippen LogP contribution in [0.1, 0.15) is 69.4 Å². The van der Waals surface area contributed by atoms with Gasteiger partial charge in [-0.05, 0) is 62.0 Å². The Morgan fingerprint density at radius 1 is 0.500 bits per heavy atom. The molecule has 0 aliphatic carbocycles. The molecule has 0 fully saturated rings. The van der Waals surface area contributed by atoms with Gasteiger partial charge >= 0.3 is 8.32 Å². The van der Waals surface area contributed by atoms with Crippen LogP contribution in [0.5, 0.6) is 5.75 Å². The van der Waals surface area contributed by atoms with E-state index in [-0.39, 0.29) is 10.8 Å². The fourth-order valence-corrected chi connectivity index (χ4v) is 9.67. The van der Waals surface area contributed by atoms with Crippen molar-refractivity contribution in [3.05, 3.63) is 155 Å². The fraction of sp³-hybridized carbons (Fsp3) is 0.250. The van der Waals surface area contributed by atoms with Crippen LogP contribution in [0.2, 0.25) is 0 Å². The summed E-state index contributed by atoms with van der Waals surface area (Å²) in [5.41, 5.74) is 6.22. The minimum atomic E-state index is -2.98. The second-order valence-corrected chi connectivity index (χ2v) is 16.9. The molecule has 0 N–H and O–H groups in total. The molecule has 0 spiro atoms. The highest BCUT2D eigenvalue weighted by Crippen LogP contribution is 2.42. The largest absolute Gasteiger partial charge is 0.530 e. The smallest absolute Gasteiger partial charge is 0.346 e. The van der Waals surface area contributed by atoms with E-state index < -0.39 is 8.32 Å². The van der Waals surface area contributed by atoms with E-state index in [4.69, 9.17) is 4.43 Å². The first-order valence-electron chi connectivity index (χ1n) is 15.1. The van der Waals surface area contributed by atoms with Gasteiger partial charge in [0.1, 0.15) is 5.75 Å². The molecule has 0 unspecified atom stereocenters. The molecule has 5 rings (SSSR count). The summed E-state index contributed by atoms with van der Waals surface area (Å²) >= 11 is 0. The predicted molar refractivity (Wildman–Crippen MR) is 182 cm³/mol. The van der Waals surface area contributed by atoms with Gasteiger partial charge in [-0.1, -0.05) is 174 Å². The Hall–Kier alpha value is -3.88. The van der Waals surface area contributed by atoms with Gasteiger partial charge in [0.25, 0.3) is 0 Å². The van der Waals surface area contributed by atoms with Gasteiger partial charge in [-0.25, -0.2) is 0 Å². The van der Waals surface area contributed by atoms with Gasteiger partial charge < -0.3 is 4.43 Å². The highest BCUT2D eigenvalue weighted by molar-refractivity contribution is 7.07. The van der Waals surface area contributed by atoms with Crippen LogP contribution in [0.15, 0.2) is 127 Å². The van der Waals surface area contributed by atoms with Crippen molar-refractivity contribution in [3.8, 4) is 5.75 Å². The van der Waals surface area contributed by atoms with E-state index >= 15 is 0 Å². The molecule has 0 aliphatic heterocycles. The molecule has 5 aromatic carbocycles. The second-order valence-electron chi connectivity index (χ2n) is 13.6. The molecule has 0 atom stereocenters. The van der Waals surface area contributed by atoms with Gasteiger partial charge in [-0.3, -0.25) is 0 Å². The molecule has 1 nitrogen and oxygen atoms in total. The Morgan fingerprint density at radius 2 is 0.881 bits per heavy atom. The van der Waals surface area contributed by atoms with Crippen LogP contribution in [0.4, 0.5) is 0 Å². The Morgan fingerprint density at radius 3 is 1.24 bits per heavy atom. The summed E-state index contributed by atoms with van der Waals surface area (Å²) in [7, 11) is -2.98. The Labute approximate surface area is 254 Å². The van der Waals surface area contributed by atoms with Crippen LogP contribution < -0.4 is 20.0 Å². The maximum Gasteiger partial charge on any atom is 0.346 e. The third-order valence-electron chi connectivity index (χ3n) is 8.09. The summed E-state index contributed by atoms with van der Waals surface area (Å²) in [5, 5.41) is 3.72. The molecule has 2 heteroatoms. The molecule has 42 heavy (non-hydrogen) atoms. The van der Waals surface area contributed by atoms with Crippen LogP contribution in [0.25, 0.3) is 0 Å². The normalized spacial score (nSPS) is 12.3. The van der Waals surface area contributed by atoms with Crippen LogP contribution >= 0.6 is 0 Å². The van der Waals surface area contributed by atoms with E-state index in [1.54, 1.807) is 0 Å². The Bertz CT molecular complexity index is 1480. The van der Waals surface area contributed by atoms with Crippen molar-refractivity contribution in [2.75, 3.05) is 0 Å². The zero-order valence-corrected chi connectivity index (χ0v) is 27.2. The van der Waals surface area contributed by atoms with Gasteiger partial charge in [0, 0.05) is 0 Å². The van der Waals surface area contributed by atoms with E-state index in [2.05, 4.69) is 176 Å². The maximum absolute atomic E-state index is 7.84. The molecule has 5 aromatic rings. The molecule has 0 aliphatic rings. The summed E-state index contributed by atoms with van der Waals surface area (Å²) in [5.74, 6) is 1.03. The van der Waals surface area contributed by atoms with Crippen LogP contribution in [-0.2, 0) is 17.3 Å². The average Bonchev–Trinajstić information content (AvgIpc) is 2.98. The lowest BCUT2D eigenvalue weighted by molar-refractivity contribution is 0.485. The number of hydrogen-bond acceptors (Lipinski definition) is 1. The van der Waals surface area contributed by atoms with Gasteiger partial charge in [-0.15, -0.1) is 0 Å². The number of hydrogen-bond donors (Lipinski definition) is 0. The molecule has 214 valence electrons. The lowest BCUT2D eigenvalue weighted by atomic mass is 9.78. The predicted octanol–water partition coefficient (Wildman–Crippen LogP) is 8.23. The highest BCUT2D eigenvalue weighted by Gasteiger charge is 2.45. The van der Waals surface area contributed by atoms with Crippen LogP contribution in [-0.4, -0.2) is 8.32 Å². The minimum Gasteiger partial charge on any atom is -0.530 e. The number of benzene rings is 5. The SMILES string of the molecule is Cc1ccc(Cc2cc(C(C)(C)C)c(O[Si](c3ccccc3)(c3ccccc3)c3ccccc3)c(C(C)(C)C)c2)cc1. The van der Waals surface area contributed by atoms with Crippen molar-refractivity contribution in [1.29, 1.82) is 0 Å². The second kappa shape index (κ2) is 11.8. The van der Waals surface area contributed by atoms with Crippen molar-refractivity contribution in [3.63, 3.8) is 0 Å². The molecular weight excluding hydrogens is 525 g/mol. The quantitative estimate of drug-likeness (QED) is 0.142. The topological polar surface area (TPSA) is 9.23 Å². The monoisotopic (exact) mass is 568 g/mol. The Balaban J connectivity index is 1.81. The first-order chi connectivity index (χ1) is 20.0. The zero-order valence-electron chi connectivity index (χ0n) is 26.2. The van der Waals surface area contributed by atoms with E-state index in [1.165, 1.54) is 43.4 Å². The van der Waals surface area contributed by atoms with E-state index in [0.29, 0.717) is 0 Å². The molecule has 0 heterocycles. The van der Waals surface area contributed by atoms with Crippen LogP contribution in [0.3, 0.4) is 0 Å². The standard InChI is InChI=1S/C40H44OSi/c1-30-23-25-31(26-24-30)27-32-28-36(39(2,3)4)38(37(29-32)40(5,6)7)41-42(33-17-11-8-12-18-33,34-19-13-9-14-20-34)35-21-15-10-16-22-35/h8-26,28-29H,27H2,1-7H3. The average molecular weight is 569 g/mol. The molecule has 0 bridgehead atoms. The summed E-state index contributed by atoms with van der Waals surface area (Å²) < 4.78 is 7.84. The third-order valence-corrected chi connectivity index (χ3v) is 12.0. The molecular formula is C40H44OSi. The summed E-state index contributed by atoms with van der Waals surface area (Å²) in [6, 6.07) is 46.4. The highest BCUT2D eigenvalue weighted by atomic mass is 28.4. The summed E-state index contributed by atoms with van der Waals surface area (Å²) in [6.45, 7) is 16.0. The molecule has 0 saturated carbocycles. The lowest BCUT2D eigenvalue weighted by Gasteiger charge is -2.39. The molecule has 0 radical (unpaired) electrons. The van der Waals surface area contributed by atoms with Crippen LogP contribution in [0, 0.1) is 6.92 Å². The zero-order chi connectivity index (χ0) is 30.0. The Kier molecular flexibility index (Phi) is 8.30. The molecule has 0 aromatic heterocycles. The van der Waals surface area contributed by atoms with Gasteiger partial charge in [0.05, 0.1) is 0 Å². The van der Waals surface area contributed by atoms with Gasteiger partial charge in [-0.2, -0.15) is 0 Å². The molecule has 0 saturated heterocycles. The first-order valence-corrected chi connectivity index (χ1v) is 17.0. The van der Waals surface area contributed by atoms with Crippen molar-refractivity contribution < 1.29 is 4.43 Å². The van der Waals surface area contributed by atoms with Crippen molar-refractivity contribution >= 4 is 23.9 Å². The van der Waals surface area contributed by atoms with Crippen molar-refractivity contribution in [2.24, 2.45) is 0 Å². The van der Waals surface area contributed by atoms with E-state index in [9.17, 15) is 0 Å². The number of aryl methyl sites for hydroxylation is 1. The third kappa shape index (κ3) is 6.15. The minimum absolute atomic E-state index is 0.122. The van der Waals surface area contributed by atoms with Gasteiger partial charge in [0.2, 0.25) is 0 Å². The first kappa shape index (κ1) is 29.6.